The molecule has 0 bridgehead atoms. The van der Waals surface area contributed by atoms with Crippen LogP contribution in [0.5, 0.6) is 0 Å². The maximum atomic E-state index is 2.99. The van der Waals surface area contributed by atoms with Gasteiger partial charge in [-0.15, -0.1) is 0 Å². The van der Waals surface area contributed by atoms with Crippen molar-refractivity contribution < 1.29 is 0 Å². The highest BCUT2D eigenvalue weighted by Gasteiger charge is 2.35. The molecule has 0 aromatic heterocycles. The van der Waals surface area contributed by atoms with Crippen LogP contribution >= 0.6 is 0 Å². The number of hydrogen-bond acceptors (Lipinski definition) is 3. The summed E-state index contributed by atoms with van der Waals surface area (Å²) in [7, 11) is 0.509. The molecule has 0 radical (unpaired) electrons. The van der Waals surface area contributed by atoms with Gasteiger partial charge in [-0.1, -0.05) is 157 Å². The van der Waals surface area contributed by atoms with Gasteiger partial charge in [0, 0.05) is 0 Å². The maximum Gasteiger partial charge on any atom is 0.403 e. The lowest BCUT2D eigenvalue weighted by Crippen LogP contribution is -2.64. The number of nitrogens with zero attached hydrogens (tertiary/aromatic N) is 3. The molecular formula is C36H78BN3. The molecule has 4 heteroatoms. The average Bonchev–Trinajstić information content (AvgIpc) is 2.96. The Hall–Kier alpha value is -0.0551. The van der Waals surface area contributed by atoms with Crippen molar-refractivity contribution in [3.63, 3.8) is 0 Å². The maximum absolute atomic E-state index is 2.99. The highest BCUT2D eigenvalue weighted by atomic mass is 15.3. The van der Waals surface area contributed by atoms with Crippen LogP contribution in [0, 0.1) is 0 Å². The zero-order valence-electron chi connectivity index (χ0n) is 29.1. The van der Waals surface area contributed by atoms with Gasteiger partial charge in [0.05, 0.1) is 0 Å². The van der Waals surface area contributed by atoms with E-state index in [1.165, 1.54) is 193 Å². The van der Waals surface area contributed by atoms with Gasteiger partial charge in [-0.3, -0.25) is 0 Å². The van der Waals surface area contributed by atoms with Crippen molar-refractivity contribution in [3.05, 3.63) is 0 Å². The second-order valence-electron chi connectivity index (χ2n) is 12.8. The third kappa shape index (κ3) is 22.5. The molecule has 0 aromatic rings. The lowest BCUT2D eigenvalue weighted by molar-refractivity contribution is 0.246. The SMILES string of the molecule is CCCCCCN(CCCCCC)B(N(CCCCCC)CCCCCC)N(CCCCCC)CCCCCC. The van der Waals surface area contributed by atoms with Crippen LogP contribution in [-0.4, -0.2) is 60.8 Å². The predicted molar refractivity (Wildman–Crippen MR) is 185 cm³/mol. The first kappa shape index (κ1) is 39.9. The molecule has 0 unspecified atom stereocenters. The Morgan fingerprint density at radius 2 is 0.425 bits per heavy atom. The summed E-state index contributed by atoms with van der Waals surface area (Å²) in [4.78, 5) is 8.97. The summed E-state index contributed by atoms with van der Waals surface area (Å²) in [5.74, 6) is 0. The first-order valence-electron chi connectivity index (χ1n) is 18.9. The van der Waals surface area contributed by atoms with E-state index in [2.05, 4.69) is 56.0 Å². The number of unbranched alkanes of at least 4 members (excludes halogenated alkanes) is 18. The molecule has 0 aromatic carbocycles. The fourth-order valence-electron chi connectivity index (χ4n) is 6.17. The minimum absolute atomic E-state index is 0.509. The van der Waals surface area contributed by atoms with Gasteiger partial charge in [-0.05, 0) is 77.8 Å². The Labute approximate surface area is 256 Å². The van der Waals surface area contributed by atoms with Gasteiger partial charge in [0.1, 0.15) is 0 Å². The van der Waals surface area contributed by atoms with Crippen molar-refractivity contribution in [1.82, 2.24) is 14.4 Å². The van der Waals surface area contributed by atoms with Gasteiger partial charge >= 0.3 is 7.12 Å². The second-order valence-corrected chi connectivity index (χ2v) is 12.8. The molecule has 240 valence electrons. The molecule has 0 aliphatic heterocycles. The molecule has 40 heavy (non-hydrogen) atoms. The van der Waals surface area contributed by atoms with E-state index in [1.54, 1.807) is 0 Å². The van der Waals surface area contributed by atoms with Crippen LogP contribution in [0.1, 0.15) is 196 Å². The van der Waals surface area contributed by atoms with Gasteiger partial charge in [-0.2, -0.15) is 0 Å². The minimum Gasteiger partial charge on any atom is -0.314 e. The first-order chi connectivity index (χ1) is 19.7. The lowest BCUT2D eigenvalue weighted by atomic mass is 9.80. The van der Waals surface area contributed by atoms with Crippen LogP contribution in [0.25, 0.3) is 0 Å². The summed E-state index contributed by atoms with van der Waals surface area (Å²) in [5, 5.41) is 0. The van der Waals surface area contributed by atoms with Crippen molar-refractivity contribution in [2.75, 3.05) is 39.3 Å². The first-order valence-corrected chi connectivity index (χ1v) is 18.9. The van der Waals surface area contributed by atoms with Gasteiger partial charge in [0.25, 0.3) is 0 Å². The predicted octanol–water partition coefficient (Wildman–Crippen LogP) is 11.4. The van der Waals surface area contributed by atoms with E-state index in [4.69, 9.17) is 0 Å². The Bertz CT molecular complexity index is 372. The largest absolute Gasteiger partial charge is 0.403 e. The van der Waals surface area contributed by atoms with Crippen LogP contribution in [0.4, 0.5) is 0 Å². The molecule has 0 atom stereocenters. The van der Waals surface area contributed by atoms with Crippen LogP contribution in [-0.2, 0) is 0 Å². The molecule has 0 amide bonds. The van der Waals surface area contributed by atoms with Gasteiger partial charge in [0.2, 0.25) is 0 Å². The summed E-state index contributed by atoms with van der Waals surface area (Å²) in [6.45, 7) is 21.9. The van der Waals surface area contributed by atoms with Gasteiger partial charge < -0.3 is 14.4 Å². The van der Waals surface area contributed by atoms with E-state index in [9.17, 15) is 0 Å². The zero-order valence-corrected chi connectivity index (χ0v) is 29.1. The molecule has 0 aliphatic carbocycles. The van der Waals surface area contributed by atoms with Crippen LogP contribution in [0.3, 0.4) is 0 Å². The summed E-state index contributed by atoms with van der Waals surface area (Å²) >= 11 is 0. The molecule has 0 saturated carbocycles. The molecule has 0 aliphatic rings. The Balaban J connectivity index is 6.08. The smallest absolute Gasteiger partial charge is 0.314 e. The highest BCUT2D eigenvalue weighted by molar-refractivity contribution is 6.49. The number of hydrogen-bond donors (Lipinski definition) is 0. The molecule has 0 N–H and O–H groups in total. The van der Waals surface area contributed by atoms with Crippen LogP contribution in [0.2, 0.25) is 0 Å². The molecule has 0 fully saturated rings. The number of rotatable bonds is 33. The summed E-state index contributed by atoms with van der Waals surface area (Å²) in [6, 6.07) is 0. The Morgan fingerprint density at radius 1 is 0.250 bits per heavy atom. The fraction of sp³-hybridized carbons (Fsp3) is 1.00. The average molecular weight is 564 g/mol. The molecule has 3 nitrogen and oxygen atoms in total. The third-order valence-electron chi connectivity index (χ3n) is 8.77. The van der Waals surface area contributed by atoms with E-state index >= 15 is 0 Å². The highest BCUT2D eigenvalue weighted by Crippen LogP contribution is 2.18. The summed E-state index contributed by atoms with van der Waals surface area (Å²) < 4.78 is 0. The van der Waals surface area contributed by atoms with Crippen molar-refractivity contribution in [1.29, 1.82) is 0 Å². The second kappa shape index (κ2) is 31.9. The van der Waals surface area contributed by atoms with Gasteiger partial charge in [-0.25, -0.2) is 0 Å². The molecular weight excluding hydrogens is 485 g/mol. The topological polar surface area (TPSA) is 9.72 Å². The van der Waals surface area contributed by atoms with Crippen molar-refractivity contribution in [3.8, 4) is 0 Å². The molecule has 0 spiro atoms. The van der Waals surface area contributed by atoms with Crippen molar-refractivity contribution >= 4 is 7.12 Å². The standard InChI is InChI=1S/C36H78BN3/c1-7-13-19-25-31-38(32-26-20-14-8-2)37(39(33-27-21-15-9-3)34-28-22-16-10-4)40(35-29-23-17-11-5)36-30-24-18-12-6/h7-36H2,1-6H3. The van der Waals surface area contributed by atoms with E-state index in [0.29, 0.717) is 7.12 Å². The third-order valence-corrected chi connectivity index (χ3v) is 8.77. The zero-order chi connectivity index (χ0) is 29.5. The van der Waals surface area contributed by atoms with Crippen molar-refractivity contribution in [2.45, 2.75) is 196 Å². The Morgan fingerprint density at radius 3 is 0.575 bits per heavy atom. The van der Waals surface area contributed by atoms with Crippen LogP contribution in [0.15, 0.2) is 0 Å². The monoisotopic (exact) mass is 564 g/mol. The molecule has 0 saturated heterocycles. The van der Waals surface area contributed by atoms with Crippen molar-refractivity contribution in [2.24, 2.45) is 0 Å². The molecule has 0 rings (SSSR count). The fourth-order valence-corrected chi connectivity index (χ4v) is 6.17. The molecule has 0 heterocycles. The van der Waals surface area contributed by atoms with E-state index in [0.717, 1.165) is 0 Å². The van der Waals surface area contributed by atoms with E-state index < -0.39 is 0 Å². The van der Waals surface area contributed by atoms with E-state index in [-0.39, 0.29) is 0 Å². The van der Waals surface area contributed by atoms with E-state index in [1.807, 2.05) is 0 Å². The summed E-state index contributed by atoms with van der Waals surface area (Å²) in [6.07, 6.45) is 33.0. The van der Waals surface area contributed by atoms with Gasteiger partial charge in [0.15, 0.2) is 0 Å². The minimum atomic E-state index is 0.509. The Kier molecular flexibility index (Phi) is 31.8. The summed E-state index contributed by atoms with van der Waals surface area (Å²) in [5.41, 5.74) is 0. The normalized spacial score (nSPS) is 11.9. The lowest BCUT2D eigenvalue weighted by Gasteiger charge is -2.43. The quantitative estimate of drug-likeness (QED) is 0.0581. The van der Waals surface area contributed by atoms with Crippen LogP contribution < -0.4 is 0 Å².